The van der Waals surface area contributed by atoms with Crippen LogP contribution in [-0.4, -0.2) is 62.1 Å². The predicted octanol–water partition coefficient (Wildman–Crippen LogP) is 3.30. The maximum absolute atomic E-state index is 4.32. The van der Waals surface area contributed by atoms with Crippen LogP contribution in [0.3, 0.4) is 0 Å². The molecule has 1 saturated heterocycles. The van der Waals surface area contributed by atoms with Gasteiger partial charge in [0.1, 0.15) is 0 Å². The van der Waals surface area contributed by atoms with Gasteiger partial charge in [-0.05, 0) is 50.1 Å². The van der Waals surface area contributed by atoms with Crippen LogP contribution >= 0.6 is 24.0 Å². The van der Waals surface area contributed by atoms with E-state index in [1.54, 1.807) is 0 Å². The molecule has 0 radical (unpaired) electrons. The summed E-state index contributed by atoms with van der Waals surface area (Å²) in [4.78, 5) is 9.29. The summed E-state index contributed by atoms with van der Waals surface area (Å²) in [5.41, 5.74) is 2.71. The maximum Gasteiger partial charge on any atom is 0.191 e. The van der Waals surface area contributed by atoms with Crippen LogP contribution in [0.5, 0.6) is 0 Å². The highest BCUT2D eigenvalue weighted by molar-refractivity contribution is 14.0. The molecule has 0 bridgehead atoms. The van der Waals surface area contributed by atoms with Gasteiger partial charge in [0.15, 0.2) is 5.96 Å². The summed E-state index contributed by atoms with van der Waals surface area (Å²) in [5, 5.41) is 6.80. The molecule has 1 aliphatic heterocycles. The Kier molecular flexibility index (Phi) is 12.7. The number of likely N-dealkylation sites (N-methyl/N-ethyl adjacent to an activating group) is 1. The molecule has 2 rings (SSSR count). The van der Waals surface area contributed by atoms with Gasteiger partial charge in [-0.2, -0.15) is 0 Å². The molecule has 5 nitrogen and oxygen atoms in total. The average Bonchev–Trinajstić information content (AvgIpc) is 2.69. The van der Waals surface area contributed by atoms with Crippen LogP contribution in [0.25, 0.3) is 0 Å². The van der Waals surface area contributed by atoms with Gasteiger partial charge in [0.05, 0.1) is 0 Å². The van der Waals surface area contributed by atoms with E-state index >= 15 is 0 Å². The lowest BCUT2D eigenvalue weighted by molar-refractivity contribution is 0.221. The molecule has 6 heteroatoms. The van der Waals surface area contributed by atoms with Gasteiger partial charge in [-0.25, -0.2) is 0 Å². The van der Waals surface area contributed by atoms with E-state index in [2.05, 4.69) is 63.5 Å². The molecule has 1 aromatic rings. The number of guanidine groups is 1. The molecule has 0 unspecified atom stereocenters. The van der Waals surface area contributed by atoms with Crippen molar-refractivity contribution in [1.29, 1.82) is 0 Å². The number of benzene rings is 1. The van der Waals surface area contributed by atoms with Crippen molar-refractivity contribution < 1.29 is 0 Å². The lowest BCUT2D eigenvalue weighted by Gasteiger charge is -2.26. The molecule has 0 amide bonds. The second-order valence-corrected chi connectivity index (χ2v) is 7.03. The van der Waals surface area contributed by atoms with Crippen LogP contribution in [0.4, 0.5) is 0 Å². The summed E-state index contributed by atoms with van der Waals surface area (Å²) in [5.74, 6) is 0.870. The van der Waals surface area contributed by atoms with Crippen LogP contribution in [-0.2, 0) is 13.1 Å². The zero-order valence-corrected chi connectivity index (χ0v) is 19.7. The first-order valence-corrected chi connectivity index (χ1v) is 10.2. The fourth-order valence-electron chi connectivity index (χ4n) is 3.42. The van der Waals surface area contributed by atoms with Crippen molar-refractivity contribution >= 4 is 29.9 Å². The number of halogens is 1. The first-order valence-electron chi connectivity index (χ1n) is 10.2. The number of hydrogen-bond donors (Lipinski definition) is 2. The Morgan fingerprint density at radius 1 is 1.00 bits per heavy atom. The number of piperidine rings is 1. The zero-order valence-electron chi connectivity index (χ0n) is 17.3. The van der Waals surface area contributed by atoms with E-state index in [-0.39, 0.29) is 24.0 Å². The Bertz CT molecular complexity index is 522. The highest BCUT2D eigenvalue weighted by Gasteiger charge is 2.10. The second-order valence-electron chi connectivity index (χ2n) is 7.03. The molecule has 0 atom stereocenters. The monoisotopic (exact) mass is 487 g/mol. The Balaban J connectivity index is 0.00000364. The van der Waals surface area contributed by atoms with Crippen LogP contribution in [0.1, 0.15) is 44.2 Å². The van der Waals surface area contributed by atoms with Crippen molar-refractivity contribution in [2.24, 2.45) is 4.99 Å². The van der Waals surface area contributed by atoms with Crippen molar-refractivity contribution in [2.45, 2.75) is 46.2 Å². The number of nitrogens with zero attached hydrogens (tertiary/aromatic N) is 3. The minimum Gasteiger partial charge on any atom is -0.355 e. The number of rotatable bonds is 9. The van der Waals surface area contributed by atoms with Gasteiger partial charge in [0.25, 0.3) is 0 Å². The number of nitrogens with one attached hydrogen (secondary N) is 2. The number of aliphatic imine (C=N–C) groups is 1. The topological polar surface area (TPSA) is 42.9 Å². The molecule has 1 heterocycles. The van der Waals surface area contributed by atoms with Crippen molar-refractivity contribution in [3.05, 3.63) is 35.4 Å². The minimum absolute atomic E-state index is 0. The third kappa shape index (κ3) is 9.25. The average molecular weight is 487 g/mol. The van der Waals surface area contributed by atoms with Crippen molar-refractivity contribution in [1.82, 2.24) is 20.4 Å². The fourth-order valence-corrected chi connectivity index (χ4v) is 3.42. The lowest BCUT2D eigenvalue weighted by Crippen LogP contribution is -2.41. The molecule has 2 N–H and O–H groups in total. The molecular formula is C21H38IN5. The highest BCUT2D eigenvalue weighted by Crippen LogP contribution is 2.13. The Labute approximate surface area is 183 Å². The summed E-state index contributed by atoms with van der Waals surface area (Å²) < 4.78 is 0. The Hall–Kier alpha value is -0.860. The van der Waals surface area contributed by atoms with Gasteiger partial charge >= 0.3 is 0 Å². The zero-order chi connectivity index (χ0) is 18.6. The predicted molar refractivity (Wildman–Crippen MR) is 127 cm³/mol. The summed E-state index contributed by atoms with van der Waals surface area (Å²) >= 11 is 0. The Morgan fingerprint density at radius 2 is 1.63 bits per heavy atom. The van der Waals surface area contributed by atoms with Gasteiger partial charge in [-0.15, -0.1) is 24.0 Å². The van der Waals surface area contributed by atoms with Crippen molar-refractivity contribution in [3.63, 3.8) is 0 Å². The molecule has 154 valence electrons. The van der Waals surface area contributed by atoms with Crippen LogP contribution in [0, 0.1) is 0 Å². The SMILES string of the molecule is CCN(CC)CCNC(=NC)NCc1ccc(CN2CCCCC2)cc1.I. The van der Waals surface area contributed by atoms with Crippen LogP contribution in [0.15, 0.2) is 29.3 Å². The second kappa shape index (κ2) is 14.2. The molecule has 0 saturated carbocycles. The maximum atomic E-state index is 4.32. The smallest absolute Gasteiger partial charge is 0.191 e. The van der Waals surface area contributed by atoms with Gasteiger partial charge in [0.2, 0.25) is 0 Å². The molecular weight excluding hydrogens is 449 g/mol. The molecule has 1 fully saturated rings. The molecule has 1 aromatic carbocycles. The van der Waals surface area contributed by atoms with E-state index in [0.29, 0.717) is 0 Å². The molecule has 0 spiro atoms. The summed E-state index contributed by atoms with van der Waals surface area (Å²) in [6.07, 6.45) is 4.09. The van der Waals surface area contributed by atoms with Crippen LogP contribution < -0.4 is 10.6 Å². The van der Waals surface area contributed by atoms with Gasteiger partial charge in [-0.1, -0.05) is 44.5 Å². The quantitative estimate of drug-likeness (QED) is 0.319. The van der Waals surface area contributed by atoms with Gasteiger partial charge in [-0.3, -0.25) is 9.89 Å². The van der Waals surface area contributed by atoms with Crippen molar-refractivity contribution in [3.8, 4) is 0 Å². The van der Waals surface area contributed by atoms with Gasteiger partial charge < -0.3 is 15.5 Å². The summed E-state index contributed by atoms with van der Waals surface area (Å²) in [7, 11) is 1.83. The third-order valence-electron chi connectivity index (χ3n) is 5.18. The van der Waals surface area contributed by atoms with Gasteiger partial charge in [0, 0.05) is 33.2 Å². The normalized spacial score (nSPS) is 15.5. The fraction of sp³-hybridized carbons (Fsp3) is 0.667. The standard InChI is InChI=1S/C21H37N5.HI/c1-4-25(5-2)16-13-23-21(22-3)24-17-19-9-11-20(12-10-19)18-26-14-7-6-8-15-26;/h9-12H,4-8,13-18H2,1-3H3,(H2,22,23,24);1H. The number of likely N-dealkylation sites (tertiary alicyclic amines) is 1. The van der Waals surface area contributed by atoms with E-state index in [0.717, 1.165) is 45.2 Å². The summed E-state index contributed by atoms with van der Waals surface area (Å²) in [6, 6.07) is 9.00. The molecule has 0 aliphatic carbocycles. The van der Waals surface area contributed by atoms with E-state index in [1.807, 2.05) is 7.05 Å². The first kappa shape index (κ1) is 24.2. The van der Waals surface area contributed by atoms with E-state index in [9.17, 15) is 0 Å². The van der Waals surface area contributed by atoms with Crippen LogP contribution in [0.2, 0.25) is 0 Å². The largest absolute Gasteiger partial charge is 0.355 e. The van der Waals surface area contributed by atoms with Crippen molar-refractivity contribution in [2.75, 3.05) is 46.3 Å². The van der Waals surface area contributed by atoms with E-state index < -0.39 is 0 Å². The molecule has 1 aliphatic rings. The number of hydrogen-bond acceptors (Lipinski definition) is 3. The first-order chi connectivity index (χ1) is 12.7. The van der Waals surface area contributed by atoms with E-state index in [1.165, 1.54) is 43.5 Å². The lowest BCUT2D eigenvalue weighted by atomic mass is 10.1. The molecule has 27 heavy (non-hydrogen) atoms. The molecule has 0 aromatic heterocycles. The minimum atomic E-state index is 0. The highest BCUT2D eigenvalue weighted by atomic mass is 127. The third-order valence-corrected chi connectivity index (χ3v) is 5.18. The summed E-state index contributed by atoms with van der Waals surface area (Å²) in [6.45, 7) is 12.9. The Morgan fingerprint density at radius 3 is 2.22 bits per heavy atom. The van der Waals surface area contributed by atoms with E-state index in [4.69, 9.17) is 0 Å².